The summed E-state index contributed by atoms with van der Waals surface area (Å²) < 4.78 is 27.7. The number of aryl methyl sites for hydroxylation is 1. The number of benzene rings is 1. The highest BCUT2D eigenvalue weighted by molar-refractivity contribution is 7.69. The number of hydrogen-bond donors (Lipinski definition) is 0. The molecule has 0 amide bonds. The minimum atomic E-state index is -2.64. The molecule has 1 aliphatic heterocycles. The molecule has 4 aromatic rings. The van der Waals surface area contributed by atoms with Crippen LogP contribution in [0.5, 0.6) is 5.88 Å². The van der Waals surface area contributed by atoms with Gasteiger partial charge in [-0.15, -0.1) is 5.10 Å². The molecular formula is C23H28N7O3P. The van der Waals surface area contributed by atoms with Crippen LogP contribution >= 0.6 is 7.14 Å². The van der Waals surface area contributed by atoms with Gasteiger partial charge in [0.25, 0.3) is 5.95 Å². The molecule has 5 rings (SSSR count). The van der Waals surface area contributed by atoms with Gasteiger partial charge in [-0.2, -0.15) is 9.97 Å². The van der Waals surface area contributed by atoms with Crippen LogP contribution in [0.1, 0.15) is 6.92 Å². The molecule has 178 valence electrons. The highest BCUT2D eigenvalue weighted by Crippen LogP contribution is 2.37. The lowest BCUT2D eigenvalue weighted by molar-refractivity contribution is 0.122. The van der Waals surface area contributed by atoms with E-state index < -0.39 is 7.14 Å². The summed E-state index contributed by atoms with van der Waals surface area (Å²) in [5, 5.41) is 4.62. The standard InChI is InChI=1S/C23H28N7O3P/c1-5-29-20-18(24-23(29)34(3,4)31)19(28-11-13-33-14-12-28)25-22(26-20)30-15-17(21(27-30)32-2)16-9-7-6-8-10-16/h6-10,15H,5,11-14H2,1-4H3. The van der Waals surface area contributed by atoms with Crippen LogP contribution in [0.25, 0.3) is 28.2 Å². The molecule has 1 saturated heterocycles. The van der Waals surface area contributed by atoms with Crippen molar-refractivity contribution in [3.05, 3.63) is 36.5 Å². The van der Waals surface area contributed by atoms with Gasteiger partial charge in [-0.3, -0.25) is 0 Å². The summed E-state index contributed by atoms with van der Waals surface area (Å²) >= 11 is 0. The highest BCUT2D eigenvalue weighted by Gasteiger charge is 2.27. The van der Waals surface area contributed by atoms with Crippen molar-refractivity contribution in [1.82, 2.24) is 29.3 Å². The zero-order valence-corrected chi connectivity index (χ0v) is 20.7. The molecule has 3 aromatic heterocycles. The fourth-order valence-corrected chi connectivity index (χ4v) is 5.35. The van der Waals surface area contributed by atoms with Crippen molar-refractivity contribution < 1.29 is 14.0 Å². The lowest BCUT2D eigenvalue weighted by Crippen LogP contribution is -2.37. The molecule has 0 atom stereocenters. The molecule has 1 aliphatic rings. The smallest absolute Gasteiger partial charge is 0.254 e. The number of methoxy groups -OCH3 is 1. The molecule has 0 spiro atoms. The van der Waals surface area contributed by atoms with Crippen LogP contribution in [0.2, 0.25) is 0 Å². The van der Waals surface area contributed by atoms with Gasteiger partial charge < -0.3 is 23.5 Å². The number of morpholine rings is 1. The third kappa shape index (κ3) is 3.97. The Morgan fingerprint density at radius 1 is 1.09 bits per heavy atom. The number of fused-ring (bicyclic) bond motifs is 1. The van der Waals surface area contributed by atoms with Gasteiger partial charge in [0, 0.05) is 25.8 Å². The maximum absolute atomic E-state index is 13.1. The van der Waals surface area contributed by atoms with Gasteiger partial charge in [0.15, 0.2) is 22.5 Å². The van der Waals surface area contributed by atoms with Gasteiger partial charge in [-0.05, 0) is 25.8 Å². The summed E-state index contributed by atoms with van der Waals surface area (Å²) in [7, 11) is -1.04. The average molecular weight is 481 g/mol. The van der Waals surface area contributed by atoms with E-state index in [1.807, 2.05) is 48.0 Å². The van der Waals surface area contributed by atoms with Crippen molar-refractivity contribution in [1.29, 1.82) is 0 Å². The maximum Gasteiger partial charge on any atom is 0.254 e. The van der Waals surface area contributed by atoms with E-state index in [1.165, 1.54) is 0 Å². The summed E-state index contributed by atoms with van der Waals surface area (Å²) in [6.45, 7) is 8.64. The average Bonchev–Trinajstić information content (AvgIpc) is 3.46. The third-order valence-electron chi connectivity index (χ3n) is 5.82. The quantitative estimate of drug-likeness (QED) is 0.388. The van der Waals surface area contributed by atoms with Gasteiger partial charge in [0.2, 0.25) is 5.88 Å². The summed E-state index contributed by atoms with van der Waals surface area (Å²) in [4.78, 5) is 16.7. The first-order chi connectivity index (χ1) is 16.4. The predicted molar refractivity (Wildman–Crippen MR) is 132 cm³/mol. The summed E-state index contributed by atoms with van der Waals surface area (Å²) in [5.74, 6) is 1.58. The van der Waals surface area contributed by atoms with E-state index in [2.05, 4.69) is 10.00 Å². The topological polar surface area (TPSA) is 100 Å². The van der Waals surface area contributed by atoms with E-state index in [0.29, 0.717) is 67.2 Å². The second-order valence-corrected chi connectivity index (χ2v) is 11.6. The van der Waals surface area contributed by atoms with Gasteiger partial charge >= 0.3 is 0 Å². The van der Waals surface area contributed by atoms with E-state index >= 15 is 0 Å². The van der Waals surface area contributed by atoms with Gasteiger partial charge in [0.1, 0.15) is 7.14 Å². The second kappa shape index (κ2) is 8.85. The first-order valence-corrected chi connectivity index (χ1v) is 13.9. The number of rotatable bonds is 6. The molecule has 4 heterocycles. The van der Waals surface area contributed by atoms with Crippen LogP contribution in [0.15, 0.2) is 36.5 Å². The third-order valence-corrected chi connectivity index (χ3v) is 7.12. The molecule has 34 heavy (non-hydrogen) atoms. The fourth-order valence-electron chi connectivity index (χ4n) is 4.19. The molecule has 0 N–H and O–H groups in total. The number of ether oxygens (including phenoxy) is 2. The van der Waals surface area contributed by atoms with E-state index in [9.17, 15) is 4.57 Å². The first-order valence-electron chi connectivity index (χ1n) is 11.3. The Bertz CT molecular complexity index is 1370. The molecule has 0 bridgehead atoms. The van der Waals surface area contributed by atoms with Crippen LogP contribution < -0.4 is 15.2 Å². The lowest BCUT2D eigenvalue weighted by atomic mass is 10.1. The fraction of sp³-hybridized carbons (Fsp3) is 0.391. The Labute approximate surface area is 197 Å². The molecule has 0 unspecified atom stereocenters. The molecule has 0 radical (unpaired) electrons. The van der Waals surface area contributed by atoms with Crippen LogP contribution in [0.4, 0.5) is 5.82 Å². The van der Waals surface area contributed by atoms with E-state index in [-0.39, 0.29) is 0 Å². The Hall–Kier alpha value is -3.23. The van der Waals surface area contributed by atoms with Gasteiger partial charge in [-0.25, -0.2) is 9.67 Å². The summed E-state index contributed by atoms with van der Waals surface area (Å²) in [6.07, 6.45) is 1.87. The zero-order valence-electron chi connectivity index (χ0n) is 19.8. The zero-order chi connectivity index (χ0) is 23.9. The highest BCUT2D eigenvalue weighted by atomic mass is 31.2. The largest absolute Gasteiger partial charge is 0.479 e. The van der Waals surface area contributed by atoms with Crippen molar-refractivity contribution in [2.45, 2.75) is 13.5 Å². The van der Waals surface area contributed by atoms with Crippen molar-refractivity contribution in [2.75, 3.05) is 51.6 Å². The molecule has 1 aromatic carbocycles. The Balaban J connectivity index is 1.73. The molecular weight excluding hydrogens is 453 g/mol. The number of imidazole rings is 1. The van der Waals surface area contributed by atoms with Crippen LogP contribution in [0.3, 0.4) is 0 Å². The minimum Gasteiger partial charge on any atom is -0.479 e. The number of nitrogens with zero attached hydrogens (tertiary/aromatic N) is 7. The normalized spacial score (nSPS) is 14.6. The molecule has 10 nitrogen and oxygen atoms in total. The van der Waals surface area contributed by atoms with Gasteiger partial charge in [-0.1, -0.05) is 30.3 Å². The van der Waals surface area contributed by atoms with Crippen molar-refractivity contribution >= 4 is 29.7 Å². The Morgan fingerprint density at radius 2 is 1.82 bits per heavy atom. The number of hydrogen-bond acceptors (Lipinski definition) is 8. The molecule has 0 saturated carbocycles. The van der Waals surface area contributed by atoms with Gasteiger partial charge in [0.05, 0.1) is 25.9 Å². The predicted octanol–water partition coefficient (Wildman–Crippen LogP) is 2.79. The van der Waals surface area contributed by atoms with Crippen LogP contribution in [-0.2, 0) is 15.8 Å². The monoisotopic (exact) mass is 481 g/mol. The SMILES string of the molecule is CCn1c(P(C)(C)=O)nc2c(N3CCOCC3)nc(-n3cc(-c4ccccc4)c(OC)n3)nc21. The molecule has 0 aliphatic carbocycles. The molecule has 11 heteroatoms. The van der Waals surface area contributed by atoms with Crippen molar-refractivity contribution in [3.8, 4) is 23.0 Å². The van der Waals surface area contributed by atoms with E-state index in [1.54, 1.807) is 25.1 Å². The lowest BCUT2D eigenvalue weighted by Gasteiger charge is -2.28. The first kappa shape index (κ1) is 22.6. The number of anilines is 1. The summed E-state index contributed by atoms with van der Waals surface area (Å²) in [5.41, 5.74) is 3.67. The van der Waals surface area contributed by atoms with Crippen molar-refractivity contribution in [2.24, 2.45) is 0 Å². The molecule has 1 fully saturated rings. The van der Waals surface area contributed by atoms with E-state index in [4.69, 9.17) is 24.4 Å². The maximum atomic E-state index is 13.1. The van der Waals surface area contributed by atoms with Crippen LogP contribution in [-0.4, -0.2) is 76.0 Å². The minimum absolute atomic E-state index is 0.401. The Kier molecular flexibility index (Phi) is 5.87. The Morgan fingerprint density at radius 3 is 2.47 bits per heavy atom. The summed E-state index contributed by atoms with van der Waals surface area (Å²) in [6, 6.07) is 9.92. The number of aromatic nitrogens is 6. The second-order valence-electron chi connectivity index (χ2n) is 8.49. The van der Waals surface area contributed by atoms with Crippen molar-refractivity contribution in [3.63, 3.8) is 0 Å². The van der Waals surface area contributed by atoms with Crippen LogP contribution in [0, 0.1) is 0 Å². The van der Waals surface area contributed by atoms with E-state index in [0.717, 1.165) is 11.1 Å².